The van der Waals surface area contributed by atoms with E-state index in [9.17, 15) is 19.7 Å². The lowest BCUT2D eigenvalue weighted by atomic mass is 10.1. The molecule has 102 valence electrons. The summed E-state index contributed by atoms with van der Waals surface area (Å²) in [5.74, 6) is 0. The summed E-state index contributed by atoms with van der Waals surface area (Å²) in [5, 5.41) is 10.8. The first-order valence-corrected chi connectivity index (χ1v) is 5.73. The average molecular weight is 273 g/mol. The van der Waals surface area contributed by atoms with E-state index in [1.165, 1.54) is 6.08 Å². The summed E-state index contributed by atoms with van der Waals surface area (Å²) in [4.78, 5) is 36.7. The maximum atomic E-state index is 11.4. The molecular weight excluding hydrogens is 262 g/mol. The van der Waals surface area contributed by atoms with Crippen molar-refractivity contribution in [2.45, 2.75) is 6.92 Å². The fourth-order valence-electron chi connectivity index (χ4n) is 1.66. The first kappa shape index (κ1) is 13.5. The largest absolute Gasteiger partial charge is 0.357 e. The van der Waals surface area contributed by atoms with Gasteiger partial charge in [0.2, 0.25) is 0 Å². The van der Waals surface area contributed by atoms with Gasteiger partial charge in [0.05, 0.1) is 4.92 Å². The summed E-state index contributed by atoms with van der Waals surface area (Å²) >= 11 is 0. The number of aromatic amines is 2. The molecule has 1 aromatic heterocycles. The summed E-state index contributed by atoms with van der Waals surface area (Å²) < 4.78 is 0. The smallest absolute Gasteiger partial charge is 0.301 e. The van der Waals surface area contributed by atoms with Crippen molar-refractivity contribution in [1.29, 1.82) is 0 Å². The van der Waals surface area contributed by atoms with Crippen LogP contribution in [0.15, 0.2) is 33.9 Å². The van der Waals surface area contributed by atoms with E-state index in [2.05, 4.69) is 4.98 Å². The Morgan fingerprint density at radius 1 is 1.10 bits per heavy atom. The second-order valence-corrected chi connectivity index (χ2v) is 4.17. The summed E-state index contributed by atoms with van der Waals surface area (Å²) in [6, 6.07) is 7.41. The Kier molecular flexibility index (Phi) is 3.60. The standard InChI is InChI=1S/C13H11N3O4/c1-8-2-4-9(5-3-8)6-7-10-11(16(19)20)12(17)15-13(18)14-10/h2-7H,1H3,(H2,14,15,17,18)/b7-6-. The zero-order chi connectivity index (χ0) is 14.7. The van der Waals surface area contributed by atoms with E-state index in [1.807, 2.05) is 36.2 Å². The van der Waals surface area contributed by atoms with Gasteiger partial charge in [0, 0.05) is 0 Å². The number of nitro groups is 1. The Morgan fingerprint density at radius 2 is 1.75 bits per heavy atom. The van der Waals surface area contributed by atoms with Crippen molar-refractivity contribution in [1.82, 2.24) is 9.97 Å². The number of nitrogens with one attached hydrogen (secondary N) is 2. The Morgan fingerprint density at radius 3 is 2.35 bits per heavy atom. The molecule has 2 N–H and O–H groups in total. The van der Waals surface area contributed by atoms with E-state index < -0.39 is 21.9 Å². The molecule has 2 rings (SSSR count). The molecule has 0 fully saturated rings. The van der Waals surface area contributed by atoms with Crippen molar-refractivity contribution >= 4 is 17.8 Å². The highest BCUT2D eigenvalue weighted by Gasteiger charge is 2.18. The molecule has 0 aliphatic heterocycles. The van der Waals surface area contributed by atoms with Crippen LogP contribution in [0.2, 0.25) is 0 Å². The van der Waals surface area contributed by atoms with Gasteiger partial charge in [-0.3, -0.25) is 19.9 Å². The second-order valence-electron chi connectivity index (χ2n) is 4.17. The highest BCUT2D eigenvalue weighted by atomic mass is 16.6. The predicted octanol–water partition coefficient (Wildman–Crippen LogP) is 1.45. The number of aromatic nitrogens is 2. The topological polar surface area (TPSA) is 109 Å². The SMILES string of the molecule is Cc1ccc(/C=C\c2[nH]c(=O)[nH]c(=O)c2[N+](=O)[O-])cc1. The maximum Gasteiger partial charge on any atom is 0.357 e. The lowest BCUT2D eigenvalue weighted by Crippen LogP contribution is -2.25. The Labute approximate surface area is 112 Å². The van der Waals surface area contributed by atoms with Gasteiger partial charge in [-0.25, -0.2) is 4.79 Å². The van der Waals surface area contributed by atoms with Gasteiger partial charge in [-0.1, -0.05) is 35.9 Å². The van der Waals surface area contributed by atoms with E-state index in [4.69, 9.17) is 0 Å². The first-order valence-electron chi connectivity index (χ1n) is 5.73. The molecular formula is C13H11N3O4. The van der Waals surface area contributed by atoms with E-state index in [1.54, 1.807) is 6.08 Å². The number of hydrogen-bond donors (Lipinski definition) is 2. The molecule has 0 atom stereocenters. The zero-order valence-electron chi connectivity index (χ0n) is 10.5. The molecule has 0 aliphatic rings. The molecule has 0 radical (unpaired) electrons. The quantitative estimate of drug-likeness (QED) is 0.651. The van der Waals surface area contributed by atoms with Crippen molar-refractivity contribution in [2.24, 2.45) is 0 Å². The maximum absolute atomic E-state index is 11.4. The molecule has 0 aliphatic carbocycles. The monoisotopic (exact) mass is 273 g/mol. The van der Waals surface area contributed by atoms with Crippen LogP contribution in [-0.4, -0.2) is 14.9 Å². The fourth-order valence-corrected chi connectivity index (χ4v) is 1.66. The molecule has 0 bridgehead atoms. The van der Waals surface area contributed by atoms with Gasteiger partial charge < -0.3 is 4.98 Å². The van der Waals surface area contributed by atoms with Crippen LogP contribution in [0.3, 0.4) is 0 Å². The lowest BCUT2D eigenvalue weighted by molar-refractivity contribution is -0.386. The molecule has 7 nitrogen and oxygen atoms in total. The zero-order valence-corrected chi connectivity index (χ0v) is 10.5. The number of rotatable bonds is 3. The number of aryl methyl sites for hydroxylation is 1. The normalized spacial score (nSPS) is 10.8. The molecule has 1 heterocycles. The van der Waals surface area contributed by atoms with Gasteiger partial charge in [0.25, 0.3) is 0 Å². The summed E-state index contributed by atoms with van der Waals surface area (Å²) in [7, 11) is 0. The van der Waals surface area contributed by atoms with E-state index >= 15 is 0 Å². The molecule has 1 aromatic carbocycles. The van der Waals surface area contributed by atoms with Crippen LogP contribution in [0.4, 0.5) is 5.69 Å². The van der Waals surface area contributed by atoms with Gasteiger partial charge in [0.1, 0.15) is 5.69 Å². The Bertz CT molecular complexity index is 784. The fraction of sp³-hybridized carbons (Fsp3) is 0.0769. The second kappa shape index (κ2) is 5.35. The number of benzene rings is 1. The van der Waals surface area contributed by atoms with Gasteiger partial charge in [-0.05, 0) is 18.6 Å². The summed E-state index contributed by atoms with van der Waals surface area (Å²) in [6.45, 7) is 1.94. The van der Waals surface area contributed by atoms with Crippen molar-refractivity contribution < 1.29 is 4.92 Å². The third-order valence-electron chi connectivity index (χ3n) is 2.65. The van der Waals surface area contributed by atoms with Crippen LogP contribution in [0.5, 0.6) is 0 Å². The van der Waals surface area contributed by atoms with Crippen LogP contribution < -0.4 is 11.2 Å². The minimum Gasteiger partial charge on any atom is -0.301 e. The molecule has 0 saturated heterocycles. The molecule has 2 aromatic rings. The van der Waals surface area contributed by atoms with E-state index in [-0.39, 0.29) is 5.69 Å². The van der Waals surface area contributed by atoms with Crippen molar-refractivity contribution in [3.05, 3.63) is 72.0 Å². The molecule has 0 unspecified atom stereocenters. The summed E-state index contributed by atoms with van der Waals surface area (Å²) in [6.07, 6.45) is 2.91. The van der Waals surface area contributed by atoms with Gasteiger partial charge in [0.15, 0.2) is 0 Å². The molecule has 0 spiro atoms. The van der Waals surface area contributed by atoms with E-state index in [0.29, 0.717) is 0 Å². The number of hydrogen-bond acceptors (Lipinski definition) is 4. The molecule has 0 amide bonds. The molecule has 20 heavy (non-hydrogen) atoms. The number of nitrogens with zero attached hydrogens (tertiary/aromatic N) is 1. The van der Waals surface area contributed by atoms with Crippen LogP contribution >= 0.6 is 0 Å². The van der Waals surface area contributed by atoms with Crippen LogP contribution in [-0.2, 0) is 0 Å². The third kappa shape index (κ3) is 2.89. The van der Waals surface area contributed by atoms with Crippen molar-refractivity contribution in [3.8, 4) is 0 Å². The van der Waals surface area contributed by atoms with Crippen LogP contribution in [0.1, 0.15) is 16.8 Å². The van der Waals surface area contributed by atoms with Crippen LogP contribution in [0, 0.1) is 17.0 Å². The van der Waals surface area contributed by atoms with Crippen molar-refractivity contribution in [3.63, 3.8) is 0 Å². The van der Waals surface area contributed by atoms with E-state index in [0.717, 1.165) is 11.1 Å². The molecule has 0 saturated carbocycles. The minimum absolute atomic E-state index is 0.135. The highest BCUT2D eigenvalue weighted by molar-refractivity contribution is 5.71. The van der Waals surface area contributed by atoms with Gasteiger partial charge >= 0.3 is 16.9 Å². The molecule has 7 heteroatoms. The average Bonchev–Trinajstić information content (AvgIpc) is 2.36. The number of H-pyrrole nitrogens is 2. The minimum atomic E-state index is -1.03. The van der Waals surface area contributed by atoms with Crippen LogP contribution in [0.25, 0.3) is 12.2 Å². The predicted molar refractivity (Wildman–Crippen MR) is 74.4 cm³/mol. The summed E-state index contributed by atoms with van der Waals surface area (Å²) in [5.41, 5.74) is -0.757. The lowest BCUT2D eigenvalue weighted by Gasteiger charge is -1.97. The van der Waals surface area contributed by atoms with Crippen molar-refractivity contribution in [2.75, 3.05) is 0 Å². The first-order chi connectivity index (χ1) is 9.47. The Hall–Kier alpha value is -2.96. The Balaban J connectivity index is 2.48. The highest BCUT2D eigenvalue weighted by Crippen LogP contribution is 2.13. The van der Waals surface area contributed by atoms with Gasteiger partial charge in [-0.15, -0.1) is 0 Å². The van der Waals surface area contributed by atoms with Gasteiger partial charge in [-0.2, -0.15) is 0 Å². The third-order valence-corrected chi connectivity index (χ3v) is 2.65.